The van der Waals surface area contributed by atoms with Crippen LogP contribution in [-0.2, 0) is 14.3 Å². The van der Waals surface area contributed by atoms with Crippen LogP contribution in [0.3, 0.4) is 0 Å². The lowest BCUT2D eigenvalue weighted by molar-refractivity contribution is -0.142. The average Bonchev–Trinajstić information content (AvgIpc) is 3.40. The maximum Gasteiger partial charge on any atom is 0.262 e. The number of hydrazone groups is 1. The van der Waals surface area contributed by atoms with Crippen LogP contribution in [0.2, 0.25) is 0 Å². The Hall–Kier alpha value is -3.50. The lowest BCUT2D eigenvalue weighted by atomic mass is 9.91. The van der Waals surface area contributed by atoms with E-state index in [0.29, 0.717) is 56.4 Å². The van der Waals surface area contributed by atoms with E-state index in [1.807, 2.05) is 32.9 Å². The first-order valence-corrected chi connectivity index (χ1v) is 14.0. The largest absolute Gasteiger partial charge is 0.497 e. The highest BCUT2D eigenvalue weighted by molar-refractivity contribution is 6.05. The van der Waals surface area contributed by atoms with Crippen LogP contribution in [0.5, 0.6) is 11.5 Å². The predicted molar refractivity (Wildman–Crippen MR) is 155 cm³/mol. The van der Waals surface area contributed by atoms with Gasteiger partial charge in [-0.25, -0.2) is 9.40 Å². The molecule has 10 heteroatoms. The molecule has 1 unspecified atom stereocenters. The quantitative estimate of drug-likeness (QED) is 0.429. The van der Waals surface area contributed by atoms with Crippen molar-refractivity contribution in [1.29, 1.82) is 0 Å². The first-order chi connectivity index (χ1) is 19.6. The molecule has 0 saturated carbocycles. The molecule has 0 radical (unpaired) electrons. The van der Waals surface area contributed by atoms with Crippen LogP contribution >= 0.6 is 0 Å². The minimum Gasteiger partial charge on any atom is -0.497 e. The van der Waals surface area contributed by atoms with Gasteiger partial charge in [-0.3, -0.25) is 14.5 Å². The van der Waals surface area contributed by atoms with Crippen molar-refractivity contribution in [3.05, 3.63) is 59.4 Å². The van der Waals surface area contributed by atoms with Crippen molar-refractivity contribution >= 4 is 17.5 Å². The number of morpholine rings is 1. The molecule has 1 atom stereocenters. The number of ether oxygens (including phenoxy) is 3. The van der Waals surface area contributed by atoms with Gasteiger partial charge in [-0.15, -0.1) is 0 Å². The van der Waals surface area contributed by atoms with Gasteiger partial charge >= 0.3 is 0 Å². The molecule has 2 aliphatic heterocycles. The van der Waals surface area contributed by atoms with Gasteiger partial charge in [0.15, 0.2) is 0 Å². The number of hydrogen-bond donors (Lipinski definition) is 0. The van der Waals surface area contributed by atoms with Crippen LogP contribution in [0.15, 0.2) is 47.6 Å². The number of benzene rings is 2. The fourth-order valence-corrected chi connectivity index (χ4v) is 5.06. The van der Waals surface area contributed by atoms with Crippen LogP contribution in [0, 0.1) is 11.2 Å². The van der Waals surface area contributed by atoms with Gasteiger partial charge in [-0.2, -0.15) is 5.10 Å². The highest BCUT2D eigenvalue weighted by Crippen LogP contribution is 2.36. The van der Waals surface area contributed by atoms with Crippen LogP contribution in [-0.4, -0.2) is 92.5 Å². The predicted octanol–water partition coefficient (Wildman–Crippen LogP) is 4.12. The number of carbonyl (C=O) groups excluding carboxylic acids is 2. The third-order valence-corrected chi connectivity index (χ3v) is 7.29. The molecule has 2 heterocycles. The minimum atomic E-state index is -0.455. The summed E-state index contributed by atoms with van der Waals surface area (Å²) >= 11 is 0. The van der Waals surface area contributed by atoms with Crippen LogP contribution < -0.4 is 9.47 Å². The number of halogens is 1. The van der Waals surface area contributed by atoms with E-state index < -0.39 is 6.04 Å². The first-order valence-electron chi connectivity index (χ1n) is 14.0. The molecule has 2 aliphatic rings. The van der Waals surface area contributed by atoms with Gasteiger partial charge in [0.05, 0.1) is 39.2 Å². The zero-order valence-corrected chi connectivity index (χ0v) is 24.7. The van der Waals surface area contributed by atoms with Crippen molar-refractivity contribution in [2.45, 2.75) is 39.7 Å². The van der Waals surface area contributed by atoms with E-state index in [1.54, 1.807) is 37.3 Å². The smallest absolute Gasteiger partial charge is 0.262 e. The molecular formula is C31H41FN4O5. The Labute approximate surface area is 241 Å². The molecule has 4 rings (SSSR count). The van der Waals surface area contributed by atoms with E-state index >= 15 is 0 Å². The fraction of sp³-hybridized carbons (Fsp3) is 0.516. The Morgan fingerprint density at radius 2 is 1.78 bits per heavy atom. The van der Waals surface area contributed by atoms with Gasteiger partial charge in [-0.1, -0.05) is 32.9 Å². The van der Waals surface area contributed by atoms with Gasteiger partial charge < -0.3 is 19.1 Å². The van der Waals surface area contributed by atoms with Gasteiger partial charge in [0, 0.05) is 50.7 Å². The zero-order chi connectivity index (χ0) is 29.6. The molecule has 1 fully saturated rings. The van der Waals surface area contributed by atoms with Crippen LogP contribution in [0.1, 0.15) is 50.8 Å². The van der Waals surface area contributed by atoms with E-state index in [2.05, 4.69) is 4.90 Å². The SMILES string of the molecule is COc1ccc(C2=NN(C(=O)CN(CCN3CCOCC3)C(=O)CC(C)(C)C)C(c3ccc(F)cc3)C2)c(OC)c1. The van der Waals surface area contributed by atoms with Crippen molar-refractivity contribution in [3.8, 4) is 11.5 Å². The lowest BCUT2D eigenvalue weighted by Crippen LogP contribution is -2.47. The molecule has 0 bridgehead atoms. The number of nitrogens with zero attached hydrogens (tertiary/aromatic N) is 4. The highest BCUT2D eigenvalue weighted by Gasteiger charge is 2.36. The maximum atomic E-state index is 13.9. The second kappa shape index (κ2) is 13.4. The molecule has 9 nitrogen and oxygen atoms in total. The number of rotatable bonds is 10. The maximum absolute atomic E-state index is 13.9. The summed E-state index contributed by atoms with van der Waals surface area (Å²) < 4.78 is 30.2. The van der Waals surface area contributed by atoms with E-state index in [4.69, 9.17) is 19.3 Å². The summed E-state index contributed by atoms with van der Waals surface area (Å²) in [6.45, 7) is 9.93. The van der Waals surface area contributed by atoms with Crippen LogP contribution in [0.4, 0.5) is 4.39 Å². The van der Waals surface area contributed by atoms with Crippen molar-refractivity contribution < 1.29 is 28.2 Å². The Morgan fingerprint density at radius 1 is 1.07 bits per heavy atom. The second-order valence-electron chi connectivity index (χ2n) is 11.6. The van der Waals surface area contributed by atoms with E-state index in [0.717, 1.165) is 24.2 Å². The Kier molecular flexibility index (Phi) is 9.99. The van der Waals surface area contributed by atoms with Gasteiger partial charge in [0.2, 0.25) is 5.91 Å². The number of methoxy groups -OCH3 is 2. The summed E-state index contributed by atoms with van der Waals surface area (Å²) in [6.07, 6.45) is 0.728. The van der Waals surface area contributed by atoms with E-state index in [1.165, 1.54) is 17.1 Å². The molecular weight excluding hydrogens is 527 g/mol. The number of hydrogen-bond acceptors (Lipinski definition) is 7. The summed E-state index contributed by atoms with van der Waals surface area (Å²) in [5, 5.41) is 6.20. The number of carbonyl (C=O) groups is 2. The van der Waals surface area contributed by atoms with Gasteiger partial charge in [0.1, 0.15) is 23.9 Å². The van der Waals surface area contributed by atoms with Gasteiger partial charge in [-0.05, 0) is 35.2 Å². The normalized spacial score (nSPS) is 17.8. The van der Waals surface area contributed by atoms with Gasteiger partial charge in [0.25, 0.3) is 5.91 Å². The van der Waals surface area contributed by atoms with Crippen molar-refractivity contribution in [1.82, 2.24) is 14.8 Å². The zero-order valence-electron chi connectivity index (χ0n) is 24.7. The average molecular weight is 569 g/mol. The Bertz CT molecular complexity index is 1240. The minimum absolute atomic E-state index is 0.0716. The Morgan fingerprint density at radius 3 is 2.41 bits per heavy atom. The molecule has 0 spiro atoms. The van der Waals surface area contributed by atoms with E-state index in [-0.39, 0.29) is 29.6 Å². The molecule has 2 aromatic carbocycles. The van der Waals surface area contributed by atoms with E-state index in [9.17, 15) is 14.0 Å². The van der Waals surface area contributed by atoms with Crippen molar-refractivity contribution in [2.75, 3.05) is 60.2 Å². The standard InChI is InChI=1S/C31H41FN4O5/c1-31(2,3)20-29(37)35(13-12-34-14-16-41-17-15-34)21-30(38)36-27(22-6-8-23(32)9-7-22)19-26(33-36)25-11-10-24(39-4)18-28(25)40-5/h6-11,18,27H,12-17,19-21H2,1-5H3. The molecule has 0 aromatic heterocycles. The van der Waals surface area contributed by atoms with Crippen molar-refractivity contribution in [2.24, 2.45) is 10.5 Å². The molecule has 222 valence electrons. The summed E-state index contributed by atoms with van der Waals surface area (Å²) in [6, 6.07) is 11.1. The van der Waals surface area contributed by atoms with Crippen LogP contribution in [0.25, 0.3) is 0 Å². The topological polar surface area (TPSA) is 83.9 Å². The Balaban J connectivity index is 1.61. The molecule has 41 heavy (non-hydrogen) atoms. The lowest BCUT2D eigenvalue weighted by Gasteiger charge is -2.32. The third-order valence-electron chi connectivity index (χ3n) is 7.29. The molecule has 2 amide bonds. The highest BCUT2D eigenvalue weighted by atomic mass is 19.1. The summed E-state index contributed by atoms with van der Waals surface area (Å²) in [4.78, 5) is 31.2. The third kappa shape index (κ3) is 8.04. The first kappa shape index (κ1) is 30.5. The molecule has 0 aliphatic carbocycles. The second-order valence-corrected chi connectivity index (χ2v) is 11.6. The monoisotopic (exact) mass is 568 g/mol. The summed E-state index contributed by atoms with van der Waals surface area (Å²) in [7, 11) is 3.15. The molecule has 0 N–H and O–H groups in total. The molecule has 2 aromatic rings. The fourth-order valence-electron chi connectivity index (χ4n) is 5.06. The summed E-state index contributed by atoms with van der Waals surface area (Å²) in [5.41, 5.74) is 1.93. The number of amides is 2. The molecule has 1 saturated heterocycles. The van der Waals surface area contributed by atoms with Crippen molar-refractivity contribution in [3.63, 3.8) is 0 Å². The summed E-state index contributed by atoms with van der Waals surface area (Å²) in [5.74, 6) is 0.483.